The van der Waals surface area contributed by atoms with Crippen LogP contribution in [-0.2, 0) is 19.5 Å². The molecule has 35 heavy (non-hydrogen) atoms. The first-order valence-electron chi connectivity index (χ1n) is 12.0. The second-order valence-corrected chi connectivity index (χ2v) is 12.5. The van der Waals surface area contributed by atoms with Gasteiger partial charge in [-0.05, 0) is 64.0 Å². The fourth-order valence-electron chi connectivity index (χ4n) is 4.89. The zero-order valence-corrected chi connectivity index (χ0v) is 21.6. The number of aromatic amines is 1. The number of hydrogen-bond donors (Lipinski definition) is 1. The molecule has 4 heterocycles. The van der Waals surface area contributed by atoms with E-state index in [1.807, 2.05) is 27.0 Å². The van der Waals surface area contributed by atoms with Gasteiger partial charge in [0.15, 0.2) is 0 Å². The van der Waals surface area contributed by atoms with Gasteiger partial charge >= 0.3 is 12.1 Å². The van der Waals surface area contributed by atoms with E-state index in [1.54, 1.807) is 15.3 Å². The number of piperidine rings is 2. The second-order valence-electron chi connectivity index (χ2n) is 10.2. The molecule has 192 valence electrons. The van der Waals surface area contributed by atoms with Crippen molar-refractivity contribution in [2.75, 3.05) is 33.3 Å². The molecule has 2 fully saturated rings. The van der Waals surface area contributed by atoms with Crippen molar-refractivity contribution in [2.45, 2.75) is 63.2 Å². The molecule has 10 nitrogen and oxygen atoms in total. The Labute approximate surface area is 206 Å². The second kappa shape index (κ2) is 9.77. The summed E-state index contributed by atoms with van der Waals surface area (Å²) in [6, 6.07) is 1.78. The van der Waals surface area contributed by atoms with E-state index >= 15 is 0 Å². The minimum absolute atomic E-state index is 0.166. The van der Waals surface area contributed by atoms with Gasteiger partial charge < -0.3 is 19.4 Å². The lowest BCUT2D eigenvalue weighted by molar-refractivity contribution is 0.0216. The first kappa shape index (κ1) is 25.4. The van der Waals surface area contributed by atoms with Crippen molar-refractivity contribution in [1.29, 1.82) is 0 Å². The SMILES string of the molecule is COC(=O)c1cnc2[nH]cc(C3CCN(S(=O)(=O)C4CCN(C(=O)OC(C)(C)C)CC4)CC3)c2c1. The summed E-state index contributed by atoms with van der Waals surface area (Å²) in [7, 11) is -2.12. The van der Waals surface area contributed by atoms with Gasteiger partial charge in [0.2, 0.25) is 10.0 Å². The van der Waals surface area contributed by atoms with E-state index in [4.69, 9.17) is 9.47 Å². The maximum atomic E-state index is 13.3. The van der Waals surface area contributed by atoms with Gasteiger partial charge in [-0.15, -0.1) is 0 Å². The van der Waals surface area contributed by atoms with Crippen LogP contribution in [0, 0.1) is 0 Å². The molecule has 0 bridgehead atoms. The topological polar surface area (TPSA) is 122 Å². The number of pyridine rings is 1. The zero-order chi connectivity index (χ0) is 25.4. The van der Waals surface area contributed by atoms with Crippen molar-refractivity contribution in [1.82, 2.24) is 19.2 Å². The summed E-state index contributed by atoms with van der Waals surface area (Å²) in [5.74, 6) is -0.274. The van der Waals surface area contributed by atoms with Crippen molar-refractivity contribution >= 4 is 33.1 Å². The number of nitrogens with one attached hydrogen (secondary N) is 1. The number of fused-ring (bicyclic) bond motifs is 1. The average molecular weight is 507 g/mol. The van der Waals surface area contributed by atoms with E-state index in [9.17, 15) is 18.0 Å². The highest BCUT2D eigenvalue weighted by molar-refractivity contribution is 7.89. The van der Waals surface area contributed by atoms with Gasteiger partial charge in [-0.1, -0.05) is 0 Å². The Morgan fingerprint density at radius 2 is 1.74 bits per heavy atom. The lowest BCUT2D eigenvalue weighted by Crippen LogP contribution is -2.49. The van der Waals surface area contributed by atoms with Gasteiger partial charge in [0.25, 0.3) is 0 Å². The number of hydrogen-bond acceptors (Lipinski definition) is 7. The van der Waals surface area contributed by atoms with Crippen LogP contribution in [0.3, 0.4) is 0 Å². The fraction of sp³-hybridized carbons (Fsp3) is 0.625. The molecule has 4 rings (SSSR count). The summed E-state index contributed by atoms with van der Waals surface area (Å²) in [6.45, 7) is 7.08. The van der Waals surface area contributed by atoms with Crippen LogP contribution in [0.4, 0.5) is 4.79 Å². The average Bonchev–Trinajstić information content (AvgIpc) is 3.26. The van der Waals surface area contributed by atoms with Gasteiger partial charge in [0.05, 0.1) is 17.9 Å². The van der Waals surface area contributed by atoms with Crippen LogP contribution in [0.15, 0.2) is 18.5 Å². The molecule has 0 unspecified atom stereocenters. The van der Waals surface area contributed by atoms with Crippen molar-refractivity contribution in [3.8, 4) is 0 Å². The summed E-state index contributed by atoms with van der Waals surface area (Å²) >= 11 is 0. The number of H-pyrrole nitrogens is 1. The minimum Gasteiger partial charge on any atom is -0.465 e. The van der Waals surface area contributed by atoms with Crippen molar-refractivity contribution in [3.05, 3.63) is 29.6 Å². The first-order valence-corrected chi connectivity index (χ1v) is 13.5. The summed E-state index contributed by atoms with van der Waals surface area (Å²) in [4.78, 5) is 33.3. The fourth-order valence-corrected chi connectivity index (χ4v) is 6.83. The molecule has 2 aromatic heterocycles. The third kappa shape index (κ3) is 5.45. The normalized spacial score (nSPS) is 19.1. The smallest absolute Gasteiger partial charge is 0.410 e. The number of nitrogens with zero attached hydrogens (tertiary/aromatic N) is 3. The van der Waals surface area contributed by atoms with Crippen LogP contribution in [0.2, 0.25) is 0 Å². The Hall–Kier alpha value is -2.66. The standard InChI is InChI=1S/C24H34N4O6S/c1-24(2,3)34-23(30)27-9-7-18(8-10-27)35(31,32)28-11-5-16(6-12-28)20-15-26-21-19(20)13-17(14-25-21)22(29)33-4/h13-16,18H,5-12H2,1-4H3,(H,25,26). The Balaban J connectivity index is 1.37. The van der Waals surface area contributed by atoms with E-state index in [0.29, 0.717) is 63.1 Å². The number of carbonyl (C=O) groups excluding carboxylic acids is 2. The summed E-state index contributed by atoms with van der Waals surface area (Å²) in [6.07, 6.45) is 5.18. The zero-order valence-electron chi connectivity index (χ0n) is 20.7. The summed E-state index contributed by atoms with van der Waals surface area (Å²) in [5.41, 5.74) is 1.55. The summed E-state index contributed by atoms with van der Waals surface area (Å²) < 4.78 is 38.5. The molecule has 0 atom stereocenters. The molecule has 0 saturated carbocycles. The third-order valence-electron chi connectivity index (χ3n) is 6.75. The highest BCUT2D eigenvalue weighted by atomic mass is 32.2. The predicted octanol–water partition coefficient (Wildman–Crippen LogP) is 3.26. The number of likely N-dealkylation sites (tertiary alicyclic amines) is 1. The molecule has 1 N–H and O–H groups in total. The van der Waals surface area contributed by atoms with Gasteiger partial charge in [-0.25, -0.2) is 27.3 Å². The Kier molecular flexibility index (Phi) is 7.10. The molecule has 0 spiro atoms. The molecular weight excluding hydrogens is 472 g/mol. The van der Waals surface area contributed by atoms with Crippen LogP contribution in [-0.4, -0.2) is 83.8 Å². The van der Waals surface area contributed by atoms with Crippen LogP contribution in [0.25, 0.3) is 11.0 Å². The van der Waals surface area contributed by atoms with Crippen molar-refractivity contribution < 1.29 is 27.5 Å². The quantitative estimate of drug-likeness (QED) is 0.632. The Morgan fingerprint density at radius 3 is 2.34 bits per heavy atom. The summed E-state index contributed by atoms with van der Waals surface area (Å²) in [5, 5.41) is 0.376. The van der Waals surface area contributed by atoms with Gasteiger partial charge in [-0.2, -0.15) is 0 Å². The lowest BCUT2D eigenvalue weighted by Gasteiger charge is -2.37. The number of esters is 1. The monoisotopic (exact) mass is 506 g/mol. The maximum absolute atomic E-state index is 13.3. The molecule has 2 saturated heterocycles. The first-order chi connectivity index (χ1) is 16.5. The van der Waals surface area contributed by atoms with Crippen LogP contribution >= 0.6 is 0 Å². The molecule has 2 aliphatic rings. The van der Waals surface area contributed by atoms with E-state index < -0.39 is 32.9 Å². The van der Waals surface area contributed by atoms with Gasteiger partial charge in [0, 0.05) is 44.0 Å². The van der Waals surface area contributed by atoms with E-state index in [1.165, 1.54) is 13.3 Å². The lowest BCUT2D eigenvalue weighted by atomic mass is 9.90. The Bertz CT molecular complexity index is 1190. The molecule has 1 amide bonds. The molecule has 0 radical (unpaired) electrons. The van der Waals surface area contributed by atoms with Crippen molar-refractivity contribution in [3.63, 3.8) is 0 Å². The number of carbonyl (C=O) groups is 2. The van der Waals surface area contributed by atoms with Crippen LogP contribution in [0.5, 0.6) is 0 Å². The molecular formula is C24H34N4O6S. The largest absolute Gasteiger partial charge is 0.465 e. The number of aromatic nitrogens is 2. The number of sulfonamides is 1. The number of ether oxygens (including phenoxy) is 2. The molecule has 0 aromatic carbocycles. The van der Waals surface area contributed by atoms with Crippen LogP contribution < -0.4 is 0 Å². The maximum Gasteiger partial charge on any atom is 0.410 e. The molecule has 2 aliphatic heterocycles. The number of amides is 1. The third-order valence-corrected chi connectivity index (χ3v) is 9.15. The highest BCUT2D eigenvalue weighted by Crippen LogP contribution is 2.35. The van der Waals surface area contributed by atoms with E-state index in [0.717, 1.165) is 10.9 Å². The molecule has 11 heteroatoms. The van der Waals surface area contributed by atoms with Gasteiger partial charge in [0.1, 0.15) is 11.2 Å². The number of rotatable bonds is 4. The van der Waals surface area contributed by atoms with Crippen LogP contribution in [0.1, 0.15) is 68.3 Å². The number of methoxy groups -OCH3 is 1. The Morgan fingerprint density at radius 1 is 1.09 bits per heavy atom. The van der Waals surface area contributed by atoms with E-state index in [2.05, 4.69) is 9.97 Å². The van der Waals surface area contributed by atoms with Crippen molar-refractivity contribution in [2.24, 2.45) is 0 Å². The molecule has 2 aromatic rings. The molecule has 0 aliphatic carbocycles. The predicted molar refractivity (Wildman–Crippen MR) is 131 cm³/mol. The van der Waals surface area contributed by atoms with E-state index in [-0.39, 0.29) is 5.92 Å². The minimum atomic E-state index is -3.45. The highest BCUT2D eigenvalue weighted by Gasteiger charge is 2.38. The van der Waals surface area contributed by atoms with Gasteiger partial charge in [-0.3, -0.25) is 0 Å².